The number of esters is 2. The number of hydrogen-bond acceptors (Lipinski definition) is 6. The first-order chi connectivity index (χ1) is 18.3. The maximum Gasteiger partial charge on any atom is 0.324 e. The van der Waals surface area contributed by atoms with Gasteiger partial charge >= 0.3 is 11.9 Å². The molecule has 0 aliphatic rings. The summed E-state index contributed by atoms with van der Waals surface area (Å²) in [7, 11) is 0. The molecule has 7 nitrogen and oxygen atoms in total. The van der Waals surface area contributed by atoms with Crippen molar-refractivity contribution in [3.63, 3.8) is 0 Å². The van der Waals surface area contributed by atoms with Crippen molar-refractivity contribution in [2.24, 2.45) is 5.41 Å². The van der Waals surface area contributed by atoms with E-state index in [1.165, 1.54) is 0 Å². The summed E-state index contributed by atoms with van der Waals surface area (Å²) in [4.78, 5) is 53.0. The molecule has 1 unspecified atom stereocenters. The van der Waals surface area contributed by atoms with Crippen molar-refractivity contribution in [2.75, 3.05) is 13.2 Å². The Morgan fingerprint density at radius 2 is 1.21 bits per heavy atom. The molecule has 0 fully saturated rings. The molecular formula is C31H33NO6. The number of amides is 1. The largest absolute Gasteiger partial charge is 0.465 e. The van der Waals surface area contributed by atoms with Crippen molar-refractivity contribution in [3.8, 4) is 11.1 Å². The van der Waals surface area contributed by atoms with Gasteiger partial charge in [-0.05, 0) is 37.5 Å². The molecule has 1 atom stereocenters. The molecule has 0 aliphatic carbocycles. The lowest BCUT2D eigenvalue weighted by Crippen LogP contribution is -2.47. The van der Waals surface area contributed by atoms with E-state index in [9.17, 15) is 19.2 Å². The van der Waals surface area contributed by atoms with Crippen LogP contribution in [0.2, 0.25) is 0 Å². The highest BCUT2D eigenvalue weighted by molar-refractivity contribution is 6.09. The Bertz CT molecular complexity index is 1220. The van der Waals surface area contributed by atoms with Crippen molar-refractivity contribution >= 4 is 23.6 Å². The minimum atomic E-state index is -2.12. The lowest BCUT2D eigenvalue weighted by atomic mass is 9.77. The molecule has 0 bridgehead atoms. The van der Waals surface area contributed by atoms with Crippen molar-refractivity contribution in [1.29, 1.82) is 0 Å². The topological polar surface area (TPSA) is 98.8 Å². The van der Waals surface area contributed by atoms with E-state index >= 15 is 0 Å². The average molecular weight is 516 g/mol. The predicted octanol–water partition coefficient (Wildman–Crippen LogP) is 5.31. The Labute approximate surface area is 223 Å². The maximum absolute atomic E-state index is 13.4. The second kappa shape index (κ2) is 13.3. The number of rotatable bonds is 12. The maximum atomic E-state index is 13.4. The fourth-order valence-corrected chi connectivity index (χ4v) is 4.22. The molecule has 3 rings (SSSR count). The van der Waals surface area contributed by atoms with Crippen LogP contribution in [0.4, 0.5) is 0 Å². The quantitative estimate of drug-likeness (QED) is 0.200. The molecule has 3 aromatic rings. The normalized spacial score (nSPS) is 11.8. The first kappa shape index (κ1) is 28.3. The van der Waals surface area contributed by atoms with Crippen LogP contribution in [0.1, 0.15) is 55.6 Å². The number of nitrogens with one attached hydrogen (secondary N) is 1. The molecule has 0 radical (unpaired) electrons. The zero-order valence-corrected chi connectivity index (χ0v) is 21.9. The van der Waals surface area contributed by atoms with Crippen molar-refractivity contribution in [2.45, 2.75) is 39.7 Å². The Kier molecular flexibility index (Phi) is 9.93. The molecule has 1 N–H and O–H groups in total. The highest BCUT2D eigenvalue weighted by atomic mass is 16.6. The van der Waals surface area contributed by atoms with Gasteiger partial charge in [0.05, 0.1) is 25.7 Å². The molecule has 0 aromatic heterocycles. The summed E-state index contributed by atoms with van der Waals surface area (Å²) in [5, 5.41) is 2.82. The van der Waals surface area contributed by atoms with Gasteiger partial charge in [-0.25, -0.2) is 0 Å². The summed E-state index contributed by atoms with van der Waals surface area (Å²) in [5.41, 5.74) is 0.942. The van der Waals surface area contributed by atoms with Crippen molar-refractivity contribution in [3.05, 3.63) is 96.1 Å². The molecule has 198 valence electrons. The van der Waals surface area contributed by atoms with Crippen LogP contribution in [-0.4, -0.2) is 36.8 Å². The van der Waals surface area contributed by atoms with Gasteiger partial charge in [0.25, 0.3) is 0 Å². The van der Waals surface area contributed by atoms with Gasteiger partial charge in [0.1, 0.15) is 0 Å². The SMILES string of the molecule is CCOC(=O)C(CC(=O)NC(C)c1ccccc1)(CC(=O)c1ccc(-c2ccccc2)cc1)C(=O)OCC. The Morgan fingerprint density at radius 1 is 0.711 bits per heavy atom. The lowest BCUT2D eigenvalue weighted by molar-refractivity contribution is -0.174. The van der Waals surface area contributed by atoms with E-state index in [1.807, 2.05) is 60.7 Å². The molecule has 0 saturated heterocycles. The van der Waals surface area contributed by atoms with Gasteiger partial charge in [-0.3, -0.25) is 19.2 Å². The van der Waals surface area contributed by atoms with E-state index in [0.29, 0.717) is 5.56 Å². The zero-order chi connectivity index (χ0) is 27.5. The van der Waals surface area contributed by atoms with E-state index in [4.69, 9.17) is 9.47 Å². The monoisotopic (exact) mass is 515 g/mol. The predicted molar refractivity (Wildman–Crippen MR) is 144 cm³/mol. The second-order valence-electron chi connectivity index (χ2n) is 8.94. The fraction of sp³-hybridized carbons (Fsp3) is 0.290. The zero-order valence-electron chi connectivity index (χ0n) is 21.9. The number of carbonyl (C=O) groups excluding carboxylic acids is 4. The second-order valence-corrected chi connectivity index (χ2v) is 8.94. The molecule has 0 heterocycles. The van der Waals surface area contributed by atoms with Gasteiger partial charge in [0.15, 0.2) is 11.2 Å². The first-order valence-electron chi connectivity index (χ1n) is 12.7. The van der Waals surface area contributed by atoms with E-state index in [0.717, 1.165) is 16.7 Å². The van der Waals surface area contributed by atoms with Crippen molar-refractivity contribution in [1.82, 2.24) is 5.32 Å². The summed E-state index contributed by atoms with van der Waals surface area (Å²) in [6.45, 7) is 4.93. The highest BCUT2D eigenvalue weighted by Gasteiger charge is 2.52. The van der Waals surface area contributed by atoms with E-state index in [2.05, 4.69) is 5.32 Å². The van der Waals surface area contributed by atoms with Gasteiger partial charge in [-0.2, -0.15) is 0 Å². The van der Waals surface area contributed by atoms with E-state index < -0.39 is 41.9 Å². The summed E-state index contributed by atoms with van der Waals surface area (Å²) in [6, 6.07) is 25.5. The van der Waals surface area contributed by atoms with Gasteiger partial charge in [-0.1, -0.05) is 84.9 Å². The van der Waals surface area contributed by atoms with Gasteiger partial charge < -0.3 is 14.8 Å². The van der Waals surface area contributed by atoms with E-state index in [1.54, 1.807) is 45.0 Å². The molecule has 38 heavy (non-hydrogen) atoms. The summed E-state index contributed by atoms with van der Waals surface area (Å²) in [6.07, 6.45) is -1.15. The third-order valence-corrected chi connectivity index (χ3v) is 6.25. The standard InChI is InChI=1S/C31H33NO6/c1-4-37-29(35)31(30(36)38-5-2,21-28(34)32-22(3)23-12-8-6-9-13-23)20-27(33)26-18-16-25(17-19-26)24-14-10-7-11-15-24/h6-19,22H,4-5,20-21H2,1-3H3,(H,32,34). The molecule has 1 amide bonds. The number of carbonyl (C=O) groups is 4. The summed E-state index contributed by atoms with van der Waals surface area (Å²) >= 11 is 0. The smallest absolute Gasteiger partial charge is 0.324 e. The molecule has 0 saturated carbocycles. The summed E-state index contributed by atoms with van der Waals surface area (Å²) < 4.78 is 10.4. The number of ketones is 1. The molecule has 0 aliphatic heterocycles. The van der Waals surface area contributed by atoms with Crippen LogP contribution in [0.5, 0.6) is 0 Å². The number of ether oxygens (including phenoxy) is 2. The van der Waals surface area contributed by atoms with Crippen LogP contribution in [0, 0.1) is 5.41 Å². The third kappa shape index (κ3) is 6.94. The first-order valence-corrected chi connectivity index (χ1v) is 12.7. The molecule has 0 spiro atoms. The van der Waals surface area contributed by atoms with Crippen LogP contribution in [-0.2, 0) is 23.9 Å². The molecule has 7 heteroatoms. The van der Waals surface area contributed by atoms with Crippen LogP contribution in [0.25, 0.3) is 11.1 Å². The molecule has 3 aromatic carbocycles. The molecular weight excluding hydrogens is 482 g/mol. The van der Waals surface area contributed by atoms with Crippen LogP contribution in [0.15, 0.2) is 84.9 Å². The Morgan fingerprint density at radius 3 is 1.74 bits per heavy atom. The fourth-order valence-electron chi connectivity index (χ4n) is 4.22. The minimum absolute atomic E-state index is 0.0258. The van der Waals surface area contributed by atoms with Crippen molar-refractivity contribution < 1.29 is 28.7 Å². The Hall–Kier alpha value is -4.26. The minimum Gasteiger partial charge on any atom is -0.465 e. The Balaban J connectivity index is 1.89. The number of hydrogen-bond donors (Lipinski definition) is 1. The van der Waals surface area contributed by atoms with Crippen LogP contribution >= 0.6 is 0 Å². The average Bonchev–Trinajstić information content (AvgIpc) is 2.93. The third-order valence-electron chi connectivity index (χ3n) is 6.25. The van der Waals surface area contributed by atoms with E-state index in [-0.39, 0.29) is 19.3 Å². The van der Waals surface area contributed by atoms with Crippen LogP contribution in [0.3, 0.4) is 0 Å². The summed E-state index contributed by atoms with van der Waals surface area (Å²) in [5.74, 6) is -2.98. The highest BCUT2D eigenvalue weighted by Crippen LogP contribution is 2.33. The number of Topliss-reactive ketones (excluding diaryl/α,β-unsaturated/α-hetero) is 1. The van der Waals surface area contributed by atoms with Gasteiger partial charge in [-0.15, -0.1) is 0 Å². The lowest BCUT2D eigenvalue weighted by Gasteiger charge is -2.28. The van der Waals surface area contributed by atoms with Gasteiger partial charge in [0.2, 0.25) is 5.91 Å². The van der Waals surface area contributed by atoms with Gasteiger partial charge in [0, 0.05) is 12.0 Å². The van der Waals surface area contributed by atoms with Crippen LogP contribution < -0.4 is 5.32 Å². The number of benzene rings is 3.